The molecule has 28 heavy (non-hydrogen) atoms. The summed E-state index contributed by atoms with van der Waals surface area (Å²) in [5.41, 5.74) is 2.16. The minimum Gasteiger partial charge on any atom is -0.497 e. The molecule has 1 aliphatic rings. The largest absolute Gasteiger partial charge is 0.497 e. The van der Waals surface area contributed by atoms with Gasteiger partial charge in [-0.05, 0) is 42.3 Å². The molecule has 8 nitrogen and oxygen atoms in total. The number of amides is 5. The quantitative estimate of drug-likeness (QED) is 0.606. The summed E-state index contributed by atoms with van der Waals surface area (Å²) in [6.07, 6.45) is 0. The first-order chi connectivity index (χ1) is 13.4. The summed E-state index contributed by atoms with van der Waals surface area (Å²) >= 11 is 0. The number of methoxy groups -OCH3 is 1. The number of nitrogens with zero attached hydrogens (tertiary/aromatic N) is 2. The molecule has 0 unspecified atom stereocenters. The van der Waals surface area contributed by atoms with Crippen molar-refractivity contribution in [1.82, 2.24) is 10.2 Å². The molecule has 0 aromatic heterocycles. The van der Waals surface area contributed by atoms with Gasteiger partial charge in [-0.3, -0.25) is 14.4 Å². The topological polar surface area (TPSA) is 96.0 Å². The normalized spacial score (nSPS) is 13.9. The highest BCUT2D eigenvalue weighted by Crippen LogP contribution is 2.24. The zero-order chi connectivity index (χ0) is 20.3. The lowest BCUT2D eigenvalue weighted by atomic mass is 10.1. The number of urea groups is 1. The first kappa shape index (κ1) is 19.1. The Labute approximate surface area is 161 Å². The van der Waals surface area contributed by atoms with Crippen LogP contribution in [-0.2, 0) is 20.9 Å². The van der Waals surface area contributed by atoms with E-state index in [0.717, 1.165) is 16.0 Å². The fraction of sp³-hybridized carbons (Fsp3) is 0.200. The van der Waals surface area contributed by atoms with Crippen LogP contribution >= 0.6 is 0 Å². The third-order valence-electron chi connectivity index (χ3n) is 4.42. The second kappa shape index (κ2) is 7.91. The summed E-state index contributed by atoms with van der Waals surface area (Å²) in [5.74, 6) is -2.02. The summed E-state index contributed by atoms with van der Waals surface area (Å²) in [6.45, 7) is 1.65. The van der Waals surface area contributed by atoms with Crippen LogP contribution in [0.5, 0.6) is 5.75 Å². The summed E-state index contributed by atoms with van der Waals surface area (Å²) in [6, 6.07) is 12.8. The smallest absolute Gasteiger partial charge is 0.339 e. The zero-order valence-corrected chi connectivity index (χ0v) is 15.5. The minimum atomic E-state index is -1.04. The van der Waals surface area contributed by atoms with E-state index in [1.54, 1.807) is 12.1 Å². The Bertz CT molecular complexity index is 939. The Morgan fingerprint density at radius 1 is 1.00 bits per heavy atom. The lowest BCUT2D eigenvalue weighted by Gasteiger charge is -2.16. The Balaban J connectivity index is 1.67. The van der Waals surface area contributed by atoms with Crippen molar-refractivity contribution in [2.45, 2.75) is 13.5 Å². The molecule has 1 heterocycles. The molecule has 3 rings (SSSR count). The van der Waals surface area contributed by atoms with E-state index in [0.29, 0.717) is 10.6 Å². The van der Waals surface area contributed by atoms with Crippen LogP contribution < -0.4 is 15.0 Å². The number of hydrogen-bond acceptors (Lipinski definition) is 5. The monoisotopic (exact) mass is 381 g/mol. The van der Waals surface area contributed by atoms with Gasteiger partial charge in [0.2, 0.25) is 5.91 Å². The number of aryl methyl sites for hydroxylation is 1. The summed E-state index contributed by atoms with van der Waals surface area (Å²) < 4.78 is 5.03. The Kier molecular flexibility index (Phi) is 5.39. The van der Waals surface area contributed by atoms with Crippen LogP contribution in [0.2, 0.25) is 0 Å². The van der Waals surface area contributed by atoms with Crippen molar-refractivity contribution in [3.8, 4) is 5.75 Å². The van der Waals surface area contributed by atoms with Crippen LogP contribution in [0.1, 0.15) is 11.1 Å². The zero-order valence-electron chi connectivity index (χ0n) is 15.5. The van der Waals surface area contributed by atoms with Crippen molar-refractivity contribution in [2.75, 3.05) is 18.6 Å². The Hall–Kier alpha value is -3.68. The molecular formula is C20H19N3O5. The maximum atomic E-state index is 12.5. The highest BCUT2D eigenvalue weighted by Gasteiger charge is 2.46. The van der Waals surface area contributed by atoms with Gasteiger partial charge in [0.1, 0.15) is 12.3 Å². The van der Waals surface area contributed by atoms with E-state index in [2.05, 4.69) is 5.32 Å². The first-order valence-corrected chi connectivity index (χ1v) is 8.57. The number of benzene rings is 2. The molecule has 5 amide bonds. The van der Waals surface area contributed by atoms with Crippen LogP contribution in [0.4, 0.5) is 10.5 Å². The van der Waals surface area contributed by atoms with Gasteiger partial charge < -0.3 is 10.1 Å². The summed E-state index contributed by atoms with van der Waals surface area (Å²) in [7, 11) is 1.49. The molecule has 1 N–H and O–H groups in total. The fourth-order valence-electron chi connectivity index (χ4n) is 2.81. The molecule has 0 aliphatic carbocycles. The van der Waals surface area contributed by atoms with E-state index in [1.807, 2.05) is 31.2 Å². The molecule has 1 aliphatic heterocycles. The fourth-order valence-corrected chi connectivity index (χ4v) is 2.81. The van der Waals surface area contributed by atoms with Crippen molar-refractivity contribution < 1.29 is 23.9 Å². The number of carbonyl (C=O) groups excluding carboxylic acids is 4. The molecular weight excluding hydrogens is 362 g/mol. The van der Waals surface area contributed by atoms with Crippen molar-refractivity contribution in [1.29, 1.82) is 0 Å². The van der Waals surface area contributed by atoms with Gasteiger partial charge in [0, 0.05) is 6.54 Å². The Morgan fingerprint density at radius 2 is 1.68 bits per heavy atom. The molecule has 8 heteroatoms. The number of imide groups is 2. The average Bonchev–Trinajstić information content (AvgIpc) is 2.91. The maximum Gasteiger partial charge on any atom is 0.339 e. The minimum absolute atomic E-state index is 0.229. The van der Waals surface area contributed by atoms with Crippen molar-refractivity contribution >= 4 is 29.4 Å². The third-order valence-corrected chi connectivity index (χ3v) is 4.42. The number of ether oxygens (including phenoxy) is 1. The Morgan fingerprint density at radius 3 is 2.32 bits per heavy atom. The standard InChI is InChI=1S/C20H19N3O5/c1-13-5-3-4-6-14(13)11-21-17(24)12-22-18(25)19(26)23(20(22)27)15-7-9-16(28-2)10-8-15/h3-10H,11-12H2,1-2H3,(H,21,24). The number of hydrogen-bond donors (Lipinski definition) is 1. The third kappa shape index (κ3) is 3.71. The van der Waals surface area contributed by atoms with Crippen LogP contribution in [0.3, 0.4) is 0 Å². The molecule has 1 fully saturated rings. The van der Waals surface area contributed by atoms with Gasteiger partial charge in [-0.1, -0.05) is 24.3 Å². The van der Waals surface area contributed by atoms with Gasteiger partial charge in [0.15, 0.2) is 0 Å². The summed E-state index contributed by atoms with van der Waals surface area (Å²) in [5, 5.41) is 2.66. The van der Waals surface area contributed by atoms with Gasteiger partial charge in [-0.2, -0.15) is 0 Å². The van der Waals surface area contributed by atoms with Gasteiger partial charge in [-0.15, -0.1) is 0 Å². The second-order valence-electron chi connectivity index (χ2n) is 6.22. The lowest BCUT2D eigenvalue weighted by molar-refractivity contribution is -0.140. The van der Waals surface area contributed by atoms with E-state index < -0.39 is 30.3 Å². The predicted octanol–water partition coefficient (Wildman–Crippen LogP) is 1.62. The number of anilines is 1. The van der Waals surface area contributed by atoms with E-state index >= 15 is 0 Å². The van der Waals surface area contributed by atoms with Crippen LogP contribution in [0.25, 0.3) is 0 Å². The van der Waals surface area contributed by atoms with Gasteiger partial charge in [-0.25, -0.2) is 14.6 Å². The second-order valence-corrected chi connectivity index (χ2v) is 6.22. The van der Waals surface area contributed by atoms with Gasteiger partial charge in [0.05, 0.1) is 12.8 Å². The molecule has 2 aromatic carbocycles. The van der Waals surface area contributed by atoms with Crippen LogP contribution in [0, 0.1) is 6.92 Å². The van der Waals surface area contributed by atoms with Gasteiger partial charge in [0.25, 0.3) is 0 Å². The molecule has 0 spiro atoms. The highest BCUT2D eigenvalue weighted by atomic mass is 16.5. The van der Waals surface area contributed by atoms with Crippen molar-refractivity contribution in [2.24, 2.45) is 0 Å². The highest BCUT2D eigenvalue weighted by molar-refractivity contribution is 6.53. The lowest BCUT2D eigenvalue weighted by Crippen LogP contribution is -2.41. The van der Waals surface area contributed by atoms with Crippen LogP contribution in [0.15, 0.2) is 48.5 Å². The first-order valence-electron chi connectivity index (χ1n) is 8.57. The summed E-state index contributed by atoms with van der Waals surface area (Å²) in [4.78, 5) is 50.6. The number of nitrogens with one attached hydrogen (secondary N) is 1. The molecule has 0 radical (unpaired) electrons. The van der Waals surface area contributed by atoms with Crippen molar-refractivity contribution in [3.05, 3.63) is 59.7 Å². The average molecular weight is 381 g/mol. The van der Waals surface area contributed by atoms with Gasteiger partial charge >= 0.3 is 17.8 Å². The van der Waals surface area contributed by atoms with E-state index in [9.17, 15) is 19.2 Å². The number of carbonyl (C=O) groups is 4. The maximum absolute atomic E-state index is 12.5. The molecule has 0 saturated carbocycles. The van der Waals surface area contributed by atoms with Crippen LogP contribution in [-0.4, -0.2) is 42.3 Å². The van der Waals surface area contributed by atoms with E-state index in [4.69, 9.17) is 4.74 Å². The molecule has 0 bridgehead atoms. The SMILES string of the molecule is COc1ccc(N2C(=O)C(=O)N(CC(=O)NCc3ccccc3C)C2=O)cc1. The predicted molar refractivity (Wildman–Crippen MR) is 101 cm³/mol. The molecule has 2 aromatic rings. The van der Waals surface area contributed by atoms with E-state index in [1.165, 1.54) is 19.2 Å². The molecule has 144 valence electrons. The van der Waals surface area contributed by atoms with E-state index in [-0.39, 0.29) is 12.2 Å². The van der Waals surface area contributed by atoms with Crippen molar-refractivity contribution in [3.63, 3.8) is 0 Å². The molecule has 1 saturated heterocycles. The number of rotatable bonds is 6. The molecule has 0 atom stereocenters.